The van der Waals surface area contributed by atoms with E-state index in [1.807, 2.05) is 6.08 Å². The van der Waals surface area contributed by atoms with Crippen molar-refractivity contribution < 1.29 is 64.6 Å². The van der Waals surface area contributed by atoms with Gasteiger partial charge in [0, 0.05) is 6.42 Å². The van der Waals surface area contributed by atoms with Gasteiger partial charge in [-0.15, -0.1) is 0 Å². The van der Waals surface area contributed by atoms with E-state index in [0.717, 1.165) is 70.6 Å². The van der Waals surface area contributed by atoms with E-state index < -0.39 is 86.8 Å². The highest BCUT2D eigenvalue weighted by atomic mass is 16.7. The Hall–Kier alpha value is -2.83. The van der Waals surface area contributed by atoms with Crippen molar-refractivity contribution in [3.05, 3.63) is 85.1 Å². The van der Waals surface area contributed by atoms with Crippen molar-refractivity contribution in [2.24, 2.45) is 0 Å². The summed E-state index contributed by atoms with van der Waals surface area (Å²) in [6, 6.07) is -0.933. The number of rotatable bonds is 45. The smallest absolute Gasteiger partial charge is 0.220 e. The summed E-state index contributed by atoms with van der Waals surface area (Å²) < 4.78 is 22.7. The largest absolute Gasteiger partial charge is 0.394 e. The zero-order valence-corrected chi connectivity index (χ0v) is 46.3. The van der Waals surface area contributed by atoms with Crippen LogP contribution in [0, 0.1) is 0 Å². The van der Waals surface area contributed by atoms with Crippen molar-refractivity contribution in [1.82, 2.24) is 5.32 Å². The van der Waals surface area contributed by atoms with Crippen LogP contribution in [0.15, 0.2) is 85.1 Å². The average molecular weight is 1060 g/mol. The minimum Gasteiger partial charge on any atom is -0.394 e. The van der Waals surface area contributed by atoms with E-state index in [1.165, 1.54) is 96.3 Å². The molecule has 75 heavy (non-hydrogen) atoms. The lowest BCUT2D eigenvalue weighted by Crippen LogP contribution is -2.65. The fourth-order valence-electron chi connectivity index (χ4n) is 9.10. The molecule has 2 rings (SSSR count). The molecule has 1 amide bonds. The van der Waals surface area contributed by atoms with Gasteiger partial charge in [0.1, 0.15) is 48.8 Å². The predicted molar refractivity (Wildman–Crippen MR) is 300 cm³/mol. The molecule has 9 N–H and O–H groups in total. The number of aliphatic hydroxyl groups excluding tert-OH is 8. The van der Waals surface area contributed by atoms with Crippen LogP contribution < -0.4 is 5.32 Å². The molecule has 2 saturated heterocycles. The number of carbonyl (C=O) groups excluding carboxylic acids is 1. The highest BCUT2D eigenvalue weighted by Gasteiger charge is 2.51. The Kier molecular flexibility index (Phi) is 42.0. The van der Waals surface area contributed by atoms with Crippen molar-refractivity contribution in [2.75, 3.05) is 19.8 Å². The van der Waals surface area contributed by atoms with E-state index in [2.05, 4.69) is 92.1 Å². The first-order valence-electron chi connectivity index (χ1n) is 29.3. The molecule has 12 atom stereocenters. The first kappa shape index (κ1) is 68.3. The molecule has 14 nitrogen and oxygen atoms in total. The van der Waals surface area contributed by atoms with E-state index >= 15 is 0 Å². The Morgan fingerprint density at radius 2 is 0.933 bits per heavy atom. The Morgan fingerprint density at radius 3 is 1.47 bits per heavy atom. The summed E-state index contributed by atoms with van der Waals surface area (Å²) in [5.74, 6) is -0.255. The lowest BCUT2D eigenvalue weighted by atomic mass is 9.97. The monoisotopic (exact) mass is 1060 g/mol. The van der Waals surface area contributed by atoms with Gasteiger partial charge in [-0.3, -0.25) is 4.79 Å². The number of hydrogen-bond donors (Lipinski definition) is 9. The summed E-state index contributed by atoms with van der Waals surface area (Å²) in [6.45, 7) is 2.61. The van der Waals surface area contributed by atoms with E-state index in [-0.39, 0.29) is 18.9 Å². The fourth-order valence-corrected chi connectivity index (χ4v) is 9.10. The maximum absolute atomic E-state index is 13.2. The van der Waals surface area contributed by atoms with Crippen molar-refractivity contribution in [3.8, 4) is 0 Å². The summed E-state index contributed by atoms with van der Waals surface area (Å²) in [7, 11) is 0. The average Bonchev–Trinajstić information content (AvgIpc) is 3.41. The molecule has 0 spiro atoms. The molecule has 2 aliphatic heterocycles. The van der Waals surface area contributed by atoms with Crippen molar-refractivity contribution >= 4 is 5.91 Å². The molecule has 2 heterocycles. The number of hydrogen-bond acceptors (Lipinski definition) is 13. The van der Waals surface area contributed by atoms with Gasteiger partial charge in [-0.05, 0) is 77.0 Å². The zero-order chi connectivity index (χ0) is 54.6. The minimum absolute atomic E-state index is 0.255. The molecule has 0 aliphatic carbocycles. The van der Waals surface area contributed by atoms with Gasteiger partial charge in [0.05, 0.1) is 32.0 Å². The van der Waals surface area contributed by atoms with Crippen LogP contribution in [0.25, 0.3) is 0 Å². The summed E-state index contributed by atoms with van der Waals surface area (Å²) >= 11 is 0. The molecule has 0 bridgehead atoms. The number of carbonyl (C=O) groups is 1. The van der Waals surface area contributed by atoms with Crippen LogP contribution in [0.2, 0.25) is 0 Å². The third-order valence-corrected chi connectivity index (χ3v) is 13.8. The standard InChI is InChI=1S/C61H105NO13/c1-3-5-7-9-11-13-15-16-17-18-19-20-21-22-23-24-25-26-27-28-29-30-31-32-33-34-35-37-39-41-43-45-53(66)62-49(50(65)44-42-40-38-36-14-12-10-8-6-4-2)48-72-60-58(71)56(69)59(52(47-64)74-60)75-61-57(70)55(68)54(67)51(46-63)73-61/h5,7,11,13-14,16-17,19-20,22-23,36,42,44,49-52,54-61,63-65,67-71H,3-4,6,8-10,12,15,18,21,24-35,37-41,43,45-48H2,1-2H3,(H,62,66)/b7-5-,13-11-,17-16-,20-19-,23-22-,36-14+,44-42+. The molecule has 12 unspecified atom stereocenters. The third kappa shape index (κ3) is 32.0. The van der Waals surface area contributed by atoms with E-state index in [4.69, 9.17) is 18.9 Å². The first-order chi connectivity index (χ1) is 36.6. The maximum atomic E-state index is 13.2. The van der Waals surface area contributed by atoms with Crippen LogP contribution in [-0.2, 0) is 23.7 Å². The second-order valence-corrected chi connectivity index (χ2v) is 20.4. The van der Waals surface area contributed by atoms with Crippen LogP contribution in [0.1, 0.15) is 200 Å². The molecule has 0 aromatic rings. The molecule has 0 aromatic carbocycles. The normalized spacial score (nSPS) is 25.7. The molecule has 2 aliphatic rings. The zero-order valence-electron chi connectivity index (χ0n) is 46.3. The molecule has 0 saturated carbocycles. The number of allylic oxidation sites excluding steroid dienone is 13. The van der Waals surface area contributed by atoms with Crippen LogP contribution in [-0.4, -0.2) is 140 Å². The SMILES string of the molecule is CC/C=C\C/C=C\C/C=C\C/C=C\C/C=C\CCCCCCCCCCCCCCCCCC(=O)NC(COC1OC(CO)C(OC2OC(CO)C(O)C(O)C2O)C(O)C1O)C(O)/C=C/CC/C=C/CCCCCC. The van der Waals surface area contributed by atoms with Gasteiger partial charge in [-0.1, -0.05) is 202 Å². The number of amides is 1. The van der Waals surface area contributed by atoms with E-state index in [0.29, 0.717) is 12.8 Å². The summed E-state index contributed by atoms with van der Waals surface area (Å²) in [5.41, 5.74) is 0. The molecule has 14 heteroatoms. The first-order valence-corrected chi connectivity index (χ1v) is 29.3. The second kappa shape index (κ2) is 46.1. The van der Waals surface area contributed by atoms with Gasteiger partial charge in [-0.25, -0.2) is 0 Å². The lowest BCUT2D eigenvalue weighted by molar-refractivity contribution is -0.359. The van der Waals surface area contributed by atoms with Gasteiger partial charge >= 0.3 is 0 Å². The number of ether oxygens (including phenoxy) is 4. The highest BCUT2D eigenvalue weighted by Crippen LogP contribution is 2.30. The van der Waals surface area contributed by atoms with Crippen molar-refractivity contribution in [2.45, 2.75) is 274 Å². The summed E-state index contributed by atoms with van der Waals surface area (Å²) in [5, 5.41) is 86.8. The van der Waals surface area contributed by atoms with E-state index in [9.17, 15) is 45.6 Å². The summed E-state index contributed by atoms with van der Waals surface area (Å²) in [6.07, 6.45) is 45.1. The fraction of sp³-hybridized carbons (Fsp3) is 0.754. The van der Waals surface area contributed by atoms with Crippen molar-refractivity contribution in [1.29, 1.82) is 0 Å². The quantitative estimate of drug-likeness (QED) is 0.0205. The summed E-state index contributed by atoms with van der Waals surface area (Å²) in [4.78, 5) is 13.2. The van der Waals surface area contributed by atoms with E-state index in [1.54, 1.807) is 6.08 Å². The van der Waals surface area contributed by atoms with Crippen LogP contribution in [0.4, 0.5) is 0 Å². The topological polar surface area (TPSA) is 228 Å². The molecule has 0 radical (unpaired) electrons. The Labute approximate surface area is 452 Å². The van der Waals surface area contributed by atoms with Crippen molar-refractivity contribution in [3.63, 3.8) is 0 Å². The third-order valence-electron chi connectivity index (χ3n) is 13.8. The van der Waals surface area contributed by atoms with Crippen LogP contribution in [0.5, 0.6) is 0 Å². The van der Waals surface area contributed by atoms with Crippen LogP contribution >= 0.6 is 0 Å². The molecule has 0 aromatic heterocycles. The van der Waals surface area contributed by atoms with Crippen LogP contribution in [0.3, 0.4) is 0 Å². The Bertz CT molecular complexity index is 1580. The predicted octanol–water partition coefficient (Wildman–Crippen LogP) is 9.72. The number of nitrogens with one attached hydrogen (secondary N) is 1. The Morgan fingerprint density at radius 1 is 0.493 bits per heavy atom. The maximum Gasteiger partial charge on any atom is 0.220 e. The van der Waals surface area contributed by atoms with Gasteiger partial charge < -0.3 is 65.1 Å². The van der Waals surface area contributed by atoms with Gasteiger partial charge in [0.2, 0.25) is 5.91 Å². The van der Waals surface area contributed by atoms with Gasteiger partial charge in [0.25, 0.3) is 0 Å². The highest BCUT2D eigenvalue weighted by molar-refractivity contribution is 5.76. The molecular formula is C61H105NO13. The molecule has 2 fully saturated rings. The number of aliphatic hydroxyl groups is 8. The van der Waals surface area contributed by atoms with Gasteiger partial charge in [-0.2, -0.15) is 0 Å². The van der Waals surface area contributed by atoms with Gasteiger partial charge in [0.15, 0.2) is 12.6 Å². The second-order valence-electron chi connectivity index (χ2n) is 20.4. The molecular weight excluding hydrogens is 955 g/mol. The minimum atomic E-state index is -1.79. The lowest BCUT2D eigenvalue weighted by Gasteiger charge is -2.46. The Balaban J connectivity index is 1.65. The molecule has 432 valence electrons. The number of unbranched alkanes of at least 4 members (excludes halogenated alkanes) is 20.